The molecule has 6 nitrogen and oxygen atoms in total. The Morgan fingerprint density at radius 2 is 2.00 bits per heavy atom. The van der Waals surface area contributed by atoms with Gasteiger partial charge in [-0.25, -0.2) is 14.3 Å². The van der Waals surface area contributed by atoms with E-state index in [1.54, 1.807) is 42.8 Å². The van der Waals surface area contributed by atoms with Crippen LogP contribution in [0, 0.1) is 0 Å². The summed E-state index contributed by atoms with van der Waals surface area (Å²) < 4.78 is 12.8. The Kier molecular flexibility index (Phi) is 3.26. The van der Waals surface area contributed by atoms with E-state index >= 15 is 0 Å². The third-order valence-corrected chi connectivity index (χ3v) is 4.00. The molecule has 1 N–H and O–H groups in total. The first-order chi connectivity index (χ1) is 10.1. The van der Waals surface area contributed by atoms with Crippen molar-refractivity contribution in [3.8, 4) is 11.3 Å². The fourth-order valence-corrected chi connectivity index (χ4v) is 2.61. The van der Waals surface area contributed by atoms with Gasteiger partial charge in [0, 0.05) is 39.9 Å². The maximum atomic E-state index is 11.5. The predicted octanol–water partition coefficient (Wildman–Crippen LogP) is 1.83. The van der Waals surface area contributed by atoms with E-state index in [1.165, 1.54) is 10.7 Å². The molecule has 0 saturated carbocycles. The molecule has 1 atom stereocenters. The molecule has 0 bridgehead atoms. The van der Waals surface area contributed by atoms with Crippen molar-refractivity contribution in [2.45, 2.75) is 4.90 Å². The van der Waals surface area contributed by atoms with Gasteiger partial charge in [0.2, 0.25) is 0 Å². The number of carbonyl (C=O) groups is 1. The first-order valence-electron chi connectivity index (χ1n) is 6.08. The van der Waals surface area contributed by atoms with Crippen molar-refractivity contribution in [1.29, 1.82) is 0 Å². The summed E-state index contributed by atoms with van der Waals surface area (Å²) in [6.07, 6.45) is 4.76. The molecular weight excluding hydrogens is 290 g/mol. The van der Waals surface area contributed by atoms with Crippen molar-refractivity contribution >= 4 is 22.4 Å². The Bertz CT molecular complexity index is 856. The summed E-state index contributed by atoms with van der Waals surface area (Å²) in [6, 6.07) is 8.51. The monoisotopic (exact) mass is 301 g/mol. The molecule has 0 fully saturated rings. The summed E-state index contributed by atoms with van der Waals surface area (Å²) in [5.41, 5.74) is 1.34. The minimum atomic E-state index is -1.08. The molecule has 0 radical (unpaired) electrons. The maximum Gasteiger partial charge on any atom is 0.341 e. The lowest BCUT2D eigenvalue weighted by atomic mass is 10.1. The van der Waals surface area contributed by atoms with Crippen LogP contribution in [-0.4, -0.2) is 36.1 Å². The van der Waals surface area contributed by atoms with Crippen LogP contribution in [0.15, 0.2) is 47.6 Å². The van der Waals surface area contributed by atoms with Gasteiger partial charge in [-0.05, 0) is 18.2 Å². The molecule has 1 unspecified atom stereocenters. The molecule has 3 rings (SSSR count). The van der Waals surface area contributed by atoms with Gasteiger partial charge in [0.1, 0.15) is 11.3 Å². The third kappa shape index (κ3) is 2.31. The fraction of sp³-hybridized carbons (Fsp3) is 0.0714. The zero-order chi connectivity index (χ0) is 15.0. The topological polar surface area (TPSA) is 84.6 Å². The molecule has 7 heteroatoms. The van der Waals surface area contributed by atoms with Crippen molar-refractivity contribution in [2.75, 3.05) is 6.26 Å². The van der Waals surface area contributed by atoms with Crippen LogP contribution in [0.3, 0.4) is 0 Å². The van der Waals surface area contributed by atoms with Crippen molar-refractivity contribution < 1.29 is 14.1 Å². The Balaban J connectivity index is 2.22. The van der Waals surface area contributed by atoms with Gasteiger partial charge in [-0.3, -0.25) is 4.21 Å². The first kappa shape index (κ1) is 13.4. The van der Waals surface area contributed by atoms with Crippen molar-refractivity contribution in [2.24, 2.45) is 0 Å². The molecule has 0 spiro atoms. The number of hydrogen-bond acceptors (Lipinski definition) is 4. The van der Waals surface area contributed by atoms with Crippen LogP contribution in [0.5, 0.6) is 0 Å². The Morgan fingerprint density at radius 3 is 2.62 bits per heavy atom. The zero-order valence-electron chi connectivity index (χ0n) is 11.1. The summed E-state index contributed by atoms with van der Waals surface area (Å²) in [5.74, 6) is -1.08. The Labute approximate surface area is 122 Å². The van der Waals surface area contributed by atoms with Gasteiger partial charge in [-0.15, -0.1) is 0 Å². The summed E-state index contributed by atoms with van der Waals surface area (Å²) >= 11 is 0. The zero-order valence-corrected chi connectivity index (χ0v) is 11.9. The number of hydrogen-bond donors (Lipinski definition) is 1. The van der Waals surface area contributed by atoms with Gasteiger partial charge in [0.25, 0.3) is 0 Å². The Morgan fingerprint density at radius 1 is 1.29 bits per heavy atom. The SMILES string of the molecule is CS(=O)c1ccc(-c2nn3cccnc3c2C(=O)O)cc1. The Hall–Kier alpha value is -2.54. The quantitative estimate of drug-likeness (QED) is 0.798. The minimum Gasteiger partial charge on any atom is -0.477 e. The molecule has 0 aliphatic carbocycles. The molecule has 1 aromatic carbocycles. The van der Waals surface area contributed by atoms with Gasteiger partial charge in [0.05, 0.1) is 0 Å². The van der Waals surface area contributed by atoms with Crippen molar-refractivity contribution in [3.63, 3.8) is 0 Å². The van der Waals surface area contributed by atoms with E-state index in [4.69, 9.17) is 0 Å². The third-order valence-electron chi connectivity index (χ3n) is 3.07. The summed E-state index contributed by atoms with van der Waals surface area (Å²) in [7, 11) is -1.08. The van der Waals surface area contributed by atoms with E-state index in [9.17, 15) is 14.1 Å². The summed E-state index contributed by atoms with van der Waals surface area (Å²) in [6.45, 7) is 0. The second-order valence-electron chi connectivity index (χ2n) is 4.40. The largest absolute Gasteiger partial charge is 0.477 e. The molecule has 2 heterocycles. The number of benzene rings is 1. The molecule has 2 aromatic heterocycles. The summed E-state index contributed by atoms with van der Waals surface area (Å²) in [5, 5.41) is 13.7. The van der Waals surface area contributed by atoms with Crippen LogP contribution in [0.25, 0.3) is 16.9 Å². The number of aromatic nitrogens is 3. The van der Waals surface area contributed by atoms with E-state index in [0.29, 0.717) is 21.8 Å². The van der Waals surface area contributed by atoms with Crippen molar-refractivity contribution in [1.82, 2.24) is 14.6 Å². The number of aromatic carboxylic acids is 1. The van der Waals surface area contributed by atoms with Crippen LogP contribution < -0.4 is 0 Å². The van der Waals surface area contributed by atoms with Gasteiger partial charge < -0.3 is 5.11 Å². The lowest BCUT2D eigenvalue weighted by Gasteiger charge is -2.00. The number of fused-ring (bicyclic) bond motifs is 1. The van der Waals surface area contributed by atoms with Crippen LogP contribution in [0.4, 0.5) is 0 Å². The average Bonchev–Trinajstić information content (AvgIpc) is 2.86. The van der Waals surface area contributed by atoms with E-state index in [2.05, 4.69) is 10.1 Å². The fourth-order valence-electron chi connectivity index (χ4n) is 2.09. The standard InChI is InChI=1S/C14H11N3O3S/c1-21(20)10-5-3-9(4-6-10)12-11(14(18)19)13-15-7-2-8-17(13)16-12/h2-8H,1H3,(H,18,19). The highest BCUT2D eigenvalue weighted by Crippen LogP contribution is 2.26. The van der Waals surface area contributed by atoms with Crippen LogP contribution in [0.1, 0.15) is 10.4 Å². The molecule has 3 aromatic rings. The first-order valence-corrected chi connectivity index (χ1v) is 7.64. The number of carboxylic acids is 1. The number of nitrogens with zero attached hydrogens (tertiary/aromatic N) is 3. The number of rotatable bonds is 3. The molecule has 0 aliphatic heterocycles. The molecule has 106 valence electrons. The highest BCUT2D eigenvalue weighted by molar-refractivity contribution is 7.84. The second-order valence-corrected chi connectivity index (χ2v) is 5.77. The minimum absolute atomic E-state index is 0.0565. The smallest absolute Gasteiger partial charge is 0.341 e. The van der Waals surface area contributed by atoms with E-state index in [1.807, 2.05) is 0 Å². The average molecular weight is 301 g/mol. The molecule has 0 amide bonds. The van der Waals surface area contributed by atoms with Gasteiger partial charge >= 0.3 is 5.97 Å². The lowest BCUT2D eigenvalue weighted by Crippen LogP contribution is -1.99. The van der Waals surface area contributed by atoms with E-state index in [0.717, 1.165) is 0 Å². The molecule has 0 aliphatic rings. The van der Waals surface area contributed by atoms with E-state index in [-0.39, 0.29) is 5.56 Å². The molecule has 0 saturated heterocycles. The highest BCUT2D eigenvalue weighted by atomic mass is 32.2. The van der Waals surface area contributed by atoms with E-state index < -0.39 is 16.8 Å². The van der Waals surface area contributed by atoms with Gasteiger partial charge in [-0.2, -0.15) is 5.10 Å². The second kappa shape index (κ2) is 5.10. The highest BCUT2D eigenvalue weighted by Gasteiger charge is 2.21. The van der Waals surface area contributed by atoms with Gasteiger partial charge in [-0.1, -0.05) is 12.1 Å². The van der Waals surface area contributed by atoms with Gasteiger partial charge in [0.15, 0.2) is 5.65 Å². The predicted molar refractivity (Wildman–Crippen MR) is 77.7 cm³/mol. The van der Waals surface area contributed by atoms with Crippen molar-refractivity contribution in [3.05, 3.63) is 48.3 Å². The molecule has 21 heavy (non-hydrogen) atoms. The summed E-state index contributed by atoms with van der Waals surface area (Å²) in [4.78, 5) is 16.2. The van der Waals surface area contributed by atoms with Crippen LogP contribution in [-0.2, 0) is 10.8 Å². The molecular formula is C14H11N3O3S. The lowest BCUT2D eigenvalue weighted by molar-refractivity contribution is 0.0699. The normalized spacial score (nSPS) is 12.4. The number of carboxylic acid groups (broad SMARTS) is 1. The van der Waals surface area contributed by atoms with Crippen LogP contribution in [0.2, 0.25) is 0 Å². The maximum absolute atomic E-state index is 11.5. The van der Waals surface area contributed by atoms with Crippen LogP contribution >= 0.6 is 0 Å².